The van der Waals surface area contributed by atoms with E-state index >= 15 is 0 Å². The third kappa shape index (κ3) is 0.340. The van der Waals surface area contributed by atoms with E-state index in [4.69, 9.17) is 0 Å². The largest absolute Gasteiger partial charge is 0.0803 e. The quantitative estimate of drug-likeness (QED) is 0.356. The minimum absolute atomic E-state index is 0.972. The molecule has 0 saturated heterocycles. The number of rotatable bonds is 0. The predicted octanol–water partition coefficient (Wildman–Crippen LogP) is 4.33. The molecule has 34 saturated carbocycles. The van der Waals surface area contributed by atoms with Gasteiger partial charge in [0.1, 0.15) is 0 Å². The second-order valence-corrected chi connectivity index (χ2v) is 31.3. The highest BCUT2D eigenvalue weighted by molar-refractivity contribution is 6.15. The molecule has 35 aliphatic carbocycles. The maximum atomic E-state index is 3.44. The van der Waals surface area contributed by atoms with E-state index in [0.717, 1.165) is 130 Å². The molecule has 0 N–H and O–H groups in total. The van der Waals surface area contributed by atoms with E-state index in [0.29, 0.717) is 0 Å². The second kappa shape index (κ2) is 2.39. The van der Waals surface area contributed by atoms with E-state index in [2.05, 4.69) is 11.6 Å². The molecule has 0 radical (unpaired) electrons. The van der Waals surface area contributed by atoms with Crippen LogP contribution in [-0.2, 0) is 0 Å². The summed E-state index contributed by atoms with van der Waals surface area (Å²) in [5.41, 5.74) is 28.6. The van der Waals surface area contributed by atoms with Gasteiger partial charge in [-0.05, 0) is 236 Å². The lowest BCUT2D eigenvalue weighted by molar-refractivity contribution is -1.23. The van der Waals surface area contributed by atoms with Crippen molar-refractivity contribution in [2.75, 3.05) is 0 Å². The van der Waals surface area contributed by atoms with Gasteiger partial charge >= 0.3 is 0 Å². The molecule has 0 aromatic heterocycles. The molecule has 0 heteroatoms. The highest BCUT2D eigenvalue weighted by Gasteiger charge is 3.70. The van der Waals surface area contributed by atoms with Crippen LogP contribution < -0.4 is 0 Å². The van der Waals surface area contributed by atoms with Crippen molar-refractivity contribution >= 4 is 0 Å². The van der Waals surface area contributed by atoms with Gasteiger partial charge in [-0.25, -0.2) is 0 Å². The summed E-state index contributed by atoms with van der Waals surface area (Å²) in [6.07, 6.45) is 10.7. The summed E-state index contributed by atoms with van der Waals surface area (Å²) >= 11 is 0. The summed E-state index contributed by atoms with van der Waals surface area (Å²) in [5.74, 6) is 25.7. The Morgan fingerprint density at radius 3 is 1.29 bits per heavy atom. The Morgan fingerprint density at radius 1 is 0.327 bits per heavy atom. The summed E-state index contributed by atoms with van der Waals surface area (Å²) < 4.78 is 0. The molecule has 43 atom stereocenters. The molecule has 0 aliphatic heterocycles. The molecular formula is C49H28. The monoisotopic (exact) mass is 616 g/mol. The molecule has 0 heterocycles. The average molecular weight is 617 g/mol. The molecule has 0 aromatic carbocycles. The summed E-state index contributed by atoms with van der Waals surface area (Å²) in [5, 5.41) is 0. The molecule has 0 amide bonds. The van der Waals surface area contributed by atoms with Crippen LogP contribution >= 0.6 is 0 Å². The van der Waals surface area contributed by atoms with Gasteiger partial charge in [-0.3, -0.25) is 0 Å². The van der Waals surface area contributed by atoms with Gasteiger partial charge < -0.3 is 0 Å². The van der Waals surface area contributed by atoms with E-state index in [1.54, 1.807) is 6.42 Å². The van der Waals surface area contributed by atoms with Crippen molar-refractivity contribution in [3.63, 3.8) is 0 Å². The maximum Gasteiger partial charge on any atom is 0.0137 e. The fourth-order valence-corrected chi connectivity index (χ4v) is 53.4. The van der Waals surface area contributed by atoms with Gasteiger partial charge in [-0.1, -0.05) is 11.6 Å². The molecule has 43 unspecified atom stereocenters. The second-order valence-electron chi connectivity index (χ2n) is 31.3. The summed E-state index contributed by atoms with van der Waals surface area (Å²) in [6, 6.07) is 0. The molecule has 35 aliphatic rings. The zero-order valence-electron chi connectivity index (χ0n) is 26.9. The lowest BCUT2D eigenvalue weighted by Crippen LogP contribution is -3.66. The highest BCUT2D eigenvalue weighted by atomic mass is 15.7. The Labute approximate surface area is 278 Å². The standard InChI is InChI=1S/C49H28/c1-6-16-14-5-15-17-7-2-9-19-21-11-4-13-23-25-24-22-12-3-10-20-18-8(1)26(6)32(16)30(14)31(15)33(17)27(7,9)35(19)37(21)29(11,13)39(23)41(25)40(24)38(22)28(10,12)36(20)34(18,26)42(32)44(36,38)48(40)46(30,42)47(31)43(33,35)45(37,39)49(41,47)48/h5-14,16-25H,1-4H2. The van der Waals surface area contributed by atoms with Crippen LogP contribution in [0.25, 0.3) is 0 Å². The van der Waals surface area contributed by atoms with Crippen molar-refractivity contribution in [1.82, 2.24) is 0 Å². The van der Waals surface area contributed by atoms with Gasteiger partial charge in [0.25, 0.3) is 0 Å². The molecule has 0 nitrogen and oxygen atoms in total. The summed E-state index contributed by atoms with van der Waals surface area (Å²) in [6.45, 7) is 0. The van der Waals surface area contributed by atoms with Gasteiger partial charge in [0.15, 0.2) is 0 Å². The lowest BCUT2D eigenvalue weighted by atomic mass is 8.35. The molecule has 34 fully saturated rings. The smallest absolute Gasteiger partial charge is 0.0137 e. The normalized spacial score (nSPS) is 139. The molecule has 0 bridgehead atoms. The third-order valence-corrected chi connectivity index (χ3v) is 41.9. The first kappa shape index (κ1) is 16.2. The van der Waals surface area contributed by atoms with Crippen LogP contribution in [0.15, 0.2) is 11.6 Å². The third-order valence-electron chi connectivity index (χ3n) is 41.9. The zero-order valence-corrected chi connectivity index (χ0v) is 26.9. The number of allylic oxidation sites excluding steroid dienone is 2. The van der Waals surface area contributed by atoms with Crippen LogP contribution in [-0.4, -0.2) is 0 Å². The Hall–Kier alpha value is -0.260. The van der Waals surface area contributed by atoms with Crippen molar-refractivity contribution in [3.05, 3.63) is 11.6 Å². The molecule has 35 rings (SSSR count). The van der Waals surface area contributed by atoms with Crippen LogP contribution in [0.4, 0.5) is 0 Å². The van der Waals surface area contributed by atoms with Gasteiger partial charge in [-0.2, -0.15) is 0 Å². The Bertz CT molecular complexity index is 3290. The first-order valence-corrected chi connectivity index (χ1v) is 24.1. The van der Waals surface area contributed by atoms with Gasteiger partial charge in [0.2, 0.25) is 0 Å². The number of hydrogen-bond acceptors (Lipinski definition) is 0. The van der Waals surface area contributed by atoms with Crippen LogP contribution in [0.2, 0.25) is 0 Å². The van der Waals surface area contributed by atoms with Crippen molar-refractivity contribution in [3.8, 4) is 0 Å². The molecule has 224 valence electrons. The predicted molar refractivity (Wildman–Crippen MR) is 151 cm³/mol. The van der Waals surface area contributed by atoms with Crippen molar-refractivity contribution in [2.45, 2.75) is 25.7 Å². The van der Waals surface area contributed by atoms with Crippen molar-refractivity contribution in [2.24, 2.45) is 242 Å². The Morgan fingerprint density at radius 2 is 0.714 bits per heavy atom. The van der Waals surface area contributed by atoms with Gasteiger partial charge in [-0.15, -0.1) is 0 Å². The van der Waals surface area contributed by atoms with Crippen LogP contribution in [0, 0.1) is 242 Å². The Kier molecular flexibility index (Phi) is 0.793. The van der Waals surface area contributed by atoms with E-state index in [9.17, 15) is 0 Å². The number of hydrogen-bond donors (Lipinski definition) is 0. The minimum Gasteiger partial charge on any atom is -0.0803 e. The molecule has 49 heavy (non-hydrogen) atoms. The topological polar surface area (TPSA) is 0 Å². The average Bonchev–Trinajstić information content (AvgIpc) is 3.20. The van der Waals surface area contributed by atoms with E-state index in [1.165, 1.54) is 112 Å². The molecule has 24 spiro atoms. The fraction of sp³-hybridized carbons (Fsp3) is 0.959. The van der Waals surface area contributed by atoms with E-state index < -0.39 is 0 Å². The zero-order chi connectivity index (χ0) is 27.1. The van der Waals surface area contributed by atoms with Crippen LogP contribution in [0.1, 0.15) is 25.7 Å². The minimum atomic E-state index is 0.972. The SMILES string of the molecule is C1=C2C3C4CC5C6C7C8CC9C%10C%11C%12C%13C%14CC%15C%16C%17C%18CC%19C%20C1C1%21C2%22C32C45C63C74C89C%105C%116C%127C%138C%15%14C%169C%17%10C%18%19C%201C%101C98C78C67C45C23C%227C%2118. The first-order valence-electron chi connectivity index (χ1n) is 24.1. The first-order chi connectivity index (χ1) is 24.4. The summed E-state index contributed by atoms with van der Waals surface area (Å²) in [4.78, 5) is 0. The fourth-order valence-electron chi connectivity index (χ4n) is 53.4. The van der Waals surface area contributed by atoms with Crippen molar-refractivity contribution in [1.29, 1.82) is 0 Å². The van der Waals surface area contributed by atoms with Crippen molar-refractivity contribution < 1.29 is 0 Å². The number of fused-ring (bicyclic) bond motifs is 15. The molecule has 0 aromatic rings. The Balaban J connectivity index is 0.893. The highest BCUT2D eigenvalue weighted by Crippen LogP contribution is 3.71. The van der Waals surface area contributed by atoms with E-state index in [-0.39, 0.29) is 0 Å². The van der Waals surface area contributed by atoms with Crippen LogP contribution in [0.3, 0.4) is 0 Å². The van der Waals surface area contributed by atoms with Gasteiger partial charge in [0.05, 0.1) is 0 Å². The summed E-state index contributed by atoms with van der Waals surface area (Å²) in [7, 11) is 0. The van der Waals surface area contributed by atoms with Gasteiger partial charge in [0, 0.05) is 32.5 Å². The molecular weight excluding hydrogens is 589 g/mol. The lowest BCUT2D eigenvalue weighted by Gasteiger charge is -3.67. The maximum absolute atomic E-state index is 3.44. The van der Waals surface area contributed by atoms with Crippen LogP contribution in [0.5, 0.6) is 0 Å². The van der Waals surface area contributed by atoms with E-state index in [1.807, 2.05) is 19.3 Å².